The standard InChI is InChI=1S/C29H28N2O4/c1-2-3-13-27-30-26(22-9-5-4-6-10-22)18-28(32)31(27)19-21-14-16-24(17-15-21)35-20-23-11-7-8-12-25(23)29(33)34/h4-12,14-18H,2-3,13,19-20H2,1H3,(H,33,34). The van der Waals surface area contributed by atoms with Crippen molar-refractivity contribution in [3.8, 4) is 17.0 Å². The quantitative estimate of drug-likeness (QED) is 0.329. The van der Waals surface area contributed by atoms with Gasteiger partial charge in [-0.1, -0.05) is 74.0 Å². The summed E-state index contributed by atoms with van der Waals surface area (Å²) >= 11 is 0. The zero-order valence-corrected chi connectivity index (χ0v) is 19.7. The molecule has 4 aromatic rings. The number of aromatic nitrogens is 2. The van der Waals surface area contributed by atoms with E-state index < -0.39 is 5.97 Å². The number of hydrogen-bond donors (Lipinski definition) is 1. The monoisotopic (exact) mass is 468 g/mol. The Balaban J connectivity index is 1.52. The second-order valence-electron chi connectivity index (χ2n) is 8.35. The third-order valence-corrected chi connectivity index (χ3v) is 5.82. The number of hydrogen-bond acceptors (Lipinski definition) is 4. The van der Waals surface area contributed by atoms with Crippen LogP contribution in [0.4, 0.5) is 0 Å². The van der Waals surface area contributed by atoms with Crippen LogP contribution >= 0.6 is 0 Å². The van der Waals surface area contributed by atoms with Gasteiger partial charge in [0.2, 0.25) is 0 Å². The molecule has 35 heavy (non-hydrogen) atoms. The predicted molar refractivity (Wildman–Crippen MR) is 136 cm³/mol. The highest BCUT2D eigenvalue weighted by Crippen LogP contribution is 2.19. The second-order valence-corrected chi connectivity index (χ2v) is 8.35. The molecule has 3 aromatic carbocycles. The minimum atomic E-state index is -0.976. The summed E-state index contributed by atoms with van der Waals surface area (Å²) in [5, 5.41) is 9.33. The van der Waals surface area contributed by atoms with Gasteiger partial charge < -0.3 is 9.84 Å². The molecule has 0 radical (unpaired) electrons. The fraction of sp³-hybridized carbons (Fsp3) is 0.207. The SMILES string of the molecule is CCCCc1nc(-c2ccccc2)cc(=O)n1Cc1ccc(OCc2ccccc2C(=O)O)cc1. The molecule has 0 unspecified atom stereocenters. The maximum atomic E-state index is 13.1. The van der Waals surface area contributed by atoms with E-state index >= 15 is 0 Å². The van der Waals surface area contributed by atoms with Gasteiger partial charge in [0, 0.05) is 23.6 Å². The van der Waals surface area contributed by atoms with Gasteiger partial charge in [0.1, 0.15) is 18.2 Å². The van der Waals surface area contributed by atoms with E-state index in [-0.39, 0.29) is 17.7 Å². The average Bonchev–Trinajstić information content (AvgIpc) is 2.89. The van der Waals surface area contributed by atoms with Gasteiger partial charge in [-0.05, 0) is 30.2 Å². The number of carboxylic acids is 1. The van der Waals surface area contributed by atoms with Crippen molar-refractivity contribution < 1.29 is 14.6 Å². The van der Waals surface area contributed by atoms with Crippen LogP contribution in [0.25, 0.3) is 11.3 Å². The molecule has 178 valence electrons. The number of benzene rings is 3. The molecular weight excluding hydrogens is 440 g/mol. The lowest BCUT2D eigenvalue weighted by molar-refractivity contribution is 0.0694. The molecule has 0 bridgehead atoms. The molecule has 6 nitrogen and oxygen atoms in total. The Kier molecular flexibility index (Phi) is 7.73. The van der Waals surface area contributed by atoms with Crippen LogP contribution < -0.4 is 10.3 Å². The fourth-order valence-corrected chi connectivity index (χ4v) is 3.90. The molecule has 1 aromatic heterocycles. The normalized spacial score (nSPS) is 10.8. The Morgan fingerprint density at radius 1 is 0.971 bits per heavy atom. The first-order valence-electron chi connectivity index (χ1n) is 11.7. The van der Waals surface area contributed by atoms with Crippen LogP contribution in [0.1, 0.15) is 47.1 Å². The molecule has 0 fully saturated rings. The van der Waals surface area contributed by atoms with E-state index in [1.165, 1.54) is 0 Å². The predicted octanol–water partition coefficient (Wildman–Crippen LogP) is 5.58. The van der Waals surface area contributed by atoms with E-state index in [9.17, 15) is 14.7 Å². The van der Waals surface area contributed by atoms with Crippen molar-refractivity contribution in [2.75, 3.05) is 0 Å². The van der Waals surface area contributed by atoms with E-state index in [1.54, 1.807) is 34.9 Å². The van der Waals surface area contributed by atoms with Gasteiger partial charge in [-0.2, -0.15) is 0 Å². The largest absolute Gasteiger partial charge is 0.489 e. The molecule has 1 heterocycles. The van der Waals surface area contributed by atoms with Crippen LogP contribution in [0.3, 0.4) is 0 Å². The molecular formula is C29H28N2O4. The molecule has 0 atom stereocenters. The number of nitrogens with zero attached hydrogens (tertiary/aromatic N) is 2. The molecule has 0 aliphatic rings. The number of rotatable bonds is 10. The van der Waals surface area contributed by atoms with Crippen LogP contribution in [-0.2, 0) is 19.6 Å². The van der Waals surface area contributed by atoms with Crippen LogP contribution in [-0.4, -0.2) is 20.6 Å². The highest BCUT2D eigenvalue weighted by molar-refractivity contribution is 5.89. The number of unbranched alkanes of at least 4 members (excludes halogenated alkanes) is 1. The third-order valence-electron chi connectivity index (χ3n) is 5.82. The molecule has 0 saturated heterocycles. The molecule has 0 aliphatic heterocycles. The topological polar surface area (TPSA) is 81.4 Å². The molecule has 0 spiro atoms. The summed E-state index contributed by atoms with van der Waals surface area (Å²) in [5.41, 5.74) is 3.35. The first kappa shape index (κ1) is 24.0. The van der Waals surface area contributed by atoms with Crippen molar-refractivity contribution >= 4 is 5.97 Å². The van der Waals surface area contributed by atoms with Gasteiger partial charge in [-0.3, -0.25) is 9.36 Å². The second kappa shape index (κ2) is 11.3. The Morgan fingerprint density at radius 3 is 2.40 bits per heavy atom. The van der Waals surface area contributed by atoms with Gasteiger partial charge >= 0.3 is 5.97 Å². The number of aryl methyl sites for hydroxylation is 1. The minimum absolute atomic E-state index is 0.0736. The van der Waals surface area contributed by atoms with E-state index in [1.807, 2.05) is 54.6 Å². The Morgan fingerprint density at radius 2 is 1.69 bits per heavy atom. The summed E-state index contributed by atoms with van der Waals surface area (Å²) in [5.74, 6) is 0.435. The zero-order chi connectivity index (χ0) is 24.6. The smallest absolute Gasteiger partial charge is 0.336 e. The summed E-state index contributed by atoms with van der Waals surface area (Å²) in [6, 6.07) is 25.6. The first-order chi connectivity index (χ1) is 17.0. The van der Waals surface area contributed by atoms with Crippen molar-refractivity contribution in [3.63, 3.8) is 0 Å². The molecule has 4 rings (SSSR count). The van der Waals surface area contributed by atoms with Crippen LogP contribution in [0.2, 0.25) is 0 Å². The molecule has 0 amide bonds. The zero-order valence-electron chi connectivity index (χ0n) is 19.7. The third kappa shape index (κ3) is 6.03. The van der Waals surface area contributed by atoms with Gasteiger partial charge in [-0.25, -0.2) is 9.78 Å². The van der Waals surface area contributed by atoms with E-state index in [0.717, 1.165) is 36.2 Å². The van der Waals surface area contributed by atoms with E-state index in [2.05, 4.69) is 6.92 Å². The molecule has 0 saturated carbocycles. The lowest BCUT2D eigenvalue weighted by atomic mass is 10.1. The van der Waals surface area contributed by atoms with Crippen LogP contribution in [0, 0.1) is 0 Å². The van der Waals surface area contributed by atoms with E-state index in [0.29, 0.717) is 23.6 Å². The summed E-state index contributed by atoms with van der Waals surface area (Å²) in [4.78, 5) is 29.3. The lowest BCUT2D eigenvalue weighted by Gasteiger charge is -2.14. The average molecular weight is 469 g/mol. The number of aromatic carboxylic acids is 1. The Bertz CT molecular complexity index is 1350. The maximum Gasteiger partial charge on any atom is 0.336 e. The van der Waals surface area contributed by atoms with E-state index in [4.69, 9.17) is 9.72 Å². The highest BCUT2D eigenvalue weighted by Gasteiger charge is 2.12. The van der Waals surface area contributed by atoms with Crippen LogP contribution in [0.5, 0.6) is 5.75 Å². The van der Waals surface area contributed by atoms with Gasteiger partial charge in [-0.15, -0.1) is 0 Å². The highest BCUT2D eigenvalue weighted by atomic mass is 16.5. The van der Waals surface area contributed by atoms with Crippen molar-refractivity contribution in [2.45, 2.75) is 39.3 Å². The van der Waals surface area contributed by atoms with Gasteiger partial charge in [0.25, 0.3) is 5.56 Å². The minimum Gasteiger partial charge on any atom is -0.489 e. The summed E-state index contributed by atoms with van der Waals surface area (Å²) in [7, 11) is 0. The Hall–Kier alpha value is -4.19. The summed E-state index contributed by atoms with van der Waals surface area (Å²) in [6.07, 6.45) is 2.70. The summed E-state index contributed by atoms with van der Waals surface area (Å²) in [6.45, 7) is 2.70. The van der Waals surface area contributed by atoms with Crippen molar-refractivity contribution in [2.24, 2.45) is 0 Å². The van der Waals surface area contributed by atoms with Crippen LogP contribution in [0.15, 0.2) is 89.7 Å². The number of carboxylic acid groups (broad SMARTS) is 1. The number of ether oxygens (including phenoxy) is 1. The van der Waals surface area contributed by atoms with Crippen molar-refractivity contribution in [3.05, 3.63) is 118 Å². The van der Waals surface area contributed by atoms with Gasteiger partial charge in [0.05, 0.1) is 17.8 Å². The molecule has 6 heteroatoms. The molecule has 1 N–H and O–H groups in total. The number of carbonyl (C=O) groups is 1. The first-order valence-corrected chi connectivity index (χ1v) is 11.7. The lowest BCUT2D eigenvalue weighted by Crippen LogP contribution is -2.25. The maximum absolute atomic E-state index is 13.1. The molecule has 0 aliphatic carbocycles. The summed E-state index contributed by atoms with van der Waals surface area (Å²) < 4.78 is 7.55. The van der Waals surface area contributed by atoms with Gasteiger partial charge in [0.15, 0.2) is 0 Å². The Labute approximate surface area is 204 Å². The fourth-order valence-electron chi connectivity index (χ4n) is 3.90. The van der Waals surface area contributed by atoms with Crippen molar-refractivity contribution in [1.82, 2.24) is 9.55 Å². The van der Waals surface area contributed by atoms with Crippen molar-refractivity contribution in [1.29, 1.82) is 0 Å².